The van der Waals surface area contributed by atoms with Crippen molar-refractivity contribution in [3.05, 3.63) is 54.1 Å². The van der Waals surface area contributed by atoms with Gasteiger partial charge in [-0.25, -0.2) is 0 Å². The highest BCUT2D eigenvalue weighted by Crippen LogP contribution is 2.26. The number of methoxy groups -OCH3 is 1. The fourth-order valence-electron chi connectivity index (χ4n) is 3.61. The average Bonchev–Trinajstić information content (AvgIpc) is 2.73. The molecule has 0 bridgehead atoms. The van der Waals surface area contributed by atoms with E-state index < -0.39 is 6.10 Å². The van der Waals surface area contributed by atoms with Crippen LogP contribution >= 0.6 is 24.8 Å². The first-order valence-electron chi connectivity index (χ1n) is 10.1. The van der Waals surface area contributed by atoms with Crippen LogP contribution in [0.1, 0.15) is 25.3 Å². The Labute approximate surface area is 192 Å². The highest BCUT2D eigenvalue weighted by molar-refractivity contribution is 5.85. The van der Waals surface area contributed by atoms with Crippen LogP contribution in [0, 0.1) is 0 Å². The number of benzene rings is 2. The number of halogens is 2. The van der Waals surface area contributed by atoms with E-state index in [0.29, 0.717) is 19.1 Å². The van der Waals surface area contributed by atoms with Crippen LogP contribution in [0.2, 0.25) is 0 Å². The largest absolute Gasteiger partial charge is 0.497 e. The number of aliphatic hydroxyl groups excluding tert-OH is 1. The molecule has 1 saturated heterocycles. The first-order chi connectivity index (χ1) is 13.6. The van der Waals surface area contributed by atoms with Gasteiger partial charge in [-0.3, -0.25) is 4.90 Å². The molecule has 0 aliphatic carbocycles. The van der Waals surface area contributed by atoms with E-state index in [4.69, 9.17) is 9.47 Å². The van der Waals surface area contributed by atoms with Gasteiger partial charge in [0, 0.05) is 38.4 Å². The number of nitrogens with zero attached hydrogens (tertiary/aromatic N) is 2. The monoisotopic (exact) mass is 456 g/mol. The second kappa shape index (κ2) is 12.9. The molecular weight excluding hydrogens is 423 g/mol. The SMILES string of the molecule is COc1ccc(N2CCN(CC(O)COc3ccccc3C(C)C)CC2)cc1.Cl.Cl. The summed E-state index contributed by atoms with van der Waals surface area (Å²) in [4.78, 5) is 4.68. The lowest BCUT2D eigenvalue weighted by Gasteiger charge is -2.37. The van der Waals surface area contributed by atoms with Crippen LogP contribution in [0.25, 0.3) is 0 Å². The van der Waals surface area contributed by atoms with Gasteiger partial charge >= 0.3 is 0 Å². The van der Waals surface area contributed by atoms with Crippen molar-refractivity contribution in [2.45, 2.75) is 25.9 Å². The fourth-order valence-corrected chi connectivity index (χ4v) is 3.61. The summed E-state index contributed by atoms with van der Waals surface area (Å²) in [6.45, 7) is 9.05. The van der Waals surface area contributed by atoms with Crippen LogP contribution in [0.5, 0.6) is 11.5 Å². The van der Waals surface area contributed by atoms with E-state index in [1.54, 1.807) is 7.11 Å². The van der Waals surface area contributed by atoms with Crippen LogP contribution in [-0.2, 0) is 0 Å². The van der Waals surface area contributed by atoms with Crippen LogP contribution in [-0.4, -0.2) is 62.6 Å². The van der Waals surface area contributed by atoms with Crippen molar-refractivity contribution in [3.63, 3.8) is 0 Å². The Hall–Kier alpha value is -1.66. The van der Waals surface area contributed by atoms with E-state index in [0.717, 1.165) is 37.7 Å². The van der Waals surface area contributed by atoms with Gasteiger partial charge in [-0.15, -0.1) is 24.8 Å². The Morgan fingerprint density at radius 1 is 0.933 bits per heavy atom. The number of piperazine rings is 1. The molecule has 1 N–H and O–H groups in total. The molecule has 3 rings (SSSR count). The molecule has 0 aromatic heterocycles. The van der Waals surface area contributed by atoms with Crippen molar-refractivity contribution in [2.75, 3.05) is 51.3 Å². The second-order valence-electron chi connectivity index (χ2n) is 7.64. The summed E-state index contributed by atoms with van der Waals surface area (Å²) in [7, 11) is 1.68. The van der Waals surface area contributed by atoms with Crippen molar-refractivity contribution in [3.8, 4) is 11.5 Å². The third-order valence-electron chi connectivity index (χ3n) is 5.25. The Morgan fingerprint density at radius 3 is 2.17 bits per heavy atom. The number of para-hydroxylation sites is 1. The number of anilines is 1. The molecular formula is C23H34Cl2N2O3. The molecule has 1 fully saturated rings. The minimum Gasteiger partial charge on any atom is -0.497 e. The molecule has 5 nitrogen and oxygen atoms in total. The number of ether oxygens (including phenoxy) is 2. The number of hydrogen-bond donors (Lipinski definition) is 1. The van der Waals surface area contributed by atoms with Gasteiger partial charge in [0.15, 0.2) is 0 Å². The lowest BCUT2D eigenvalue weighted by molar-refractivity contribution is 0.0659. The summed E-state index contributed by atoms with van der Waals surface area (Å²) >= 11 is 0. The van der Waals surface area contributed by atoms with Crippen LogP contribution in [0.15, 0.2) is 48.5 Å². The summed E-state index contributed by atoms with van der Waals surface area (Å²) in [5.41, 5.74) is 2.40. The topological polar surface area (TPSA) is 45.2 Å². The molecule has 0 amide bonds. The van der Waals surface area contributed by atoms with Crippen molar-refractivity contribution >= 4 is 30.5 Å². The zero-order valence-electron chi connectivity index (χ0n) is 18.0. The molecule has 0 saturated carbocycles. The molecule has 1 heterocycles. The molecule has 0 radical (unpaired) electrons. The van der Waals surface area contributed by atoms with Gasteiger partial charge < -0.3 is 19.5 Å². The normalized spacial score (nSPS) is 15.2. The van der Waals surface area contributed by atoms with E-state index in [1.165, 1.54) is 11.3 Å². The standard InChI is InChI=1S/C23H32N2O3.2ClH/c1-18(2)22-6-4-5-7-23(22)28-17-20(26)16-24-12-14-25(15-13-24)19-8-10-21(27-3)11-9-19;;/h4-11,18,20,26H,12-17H2,1-3H3;2*1H. The smallest absolute Gasteiger partial charge is 0.122 e. The predicted octanol–water partition coefficient (Wildman–Crippen LogP) is 4.22. The van der Waals surface area contributed by atoms with Crippen molar-refractivity contribution < 1.29 is 14.6 Å². The molecule has 2 aromatic carbocycles. The second-order valence-corrected chi connectivity index (χ2v) is 7.64. The summed E-state index contributed by atoms with van der Waals surface area (Å²) in [5.74, 6) is 2.16. The molecule has 168 valence electrons. The third kappa shape index (κ3) is 7.24. The van der Waals surface area contributed by atoms with Crippen molar-refractivity contribution in [2.24, 2.45) is 0 Å². The third-order valence-corrected chi connectivity index (χ3v) is 5.25. The number of aliphatic hydroxyl groups is 1. The highest BCUT2D eigenvalue weighted by Gasteiger charge is 2.20. The van der Waals surface area contributed by atoms with Crippen LogP contribution < -0.4 is 14.4 Å². The molecule has 1 aliphatic heterocycles. The first-order valence-corrected chi connectivity index (χ1v) is 10.1. The molecule has 1 atom stereocenters. The quantitative estimate of drug-likeness (QED) is 0.643. The summed E-state index contributed by atoms with van der Waals surface area (Å²) in [6, 6.07) is 16.3. The van der Waals surface area contributed by atoms with E-state index >= 15 is 0 Å². The maximum Gasteiger partial charge on any atom is 0.122 e. The molecule has 1 unspecified atom stereocenters. The summed E-state index contributed by atoms with van der Waals surface area (Å²) in [6.07, 6.45) is -0.493. The zero-order chi connectivity index (χ0) is 19.9. The van der Waals surface area contributed by atoms with E-state index in [1.807, 2.05) is 30.3 Å². The zero-order valence-corrected chi connectivity index (χ0v) is 19.6. The van der Waals surface area contributed by atoms with Gasteiger partial charge in [-0.1, -0.05) is 32.0 Å². The predicted molar refractivity (Wildman–Crippen MR) is 128 cm³/mol. The van der Waals surface area contributed by atoms with Gasteiger partial charge in [0.2, 0.25) is 0 Å². The van der Waals surface area contributed by atoms with Gasteiger partial charge in [-0.2, -0.15) is 0 Å². The van der Waals surface area contributed by atoms with E-state index in [2.05, 4.69) is 41.8 Å². The van der Waals surface area contributed by atoms with Crippen LogP contribution in [0.4, 0.5) is 5.69 Å². The summed E-state index contributed by atoms with van der Waals surface area (Å²) in [5, 5.41) is 10.4. The number of rotatable bonds is 8. The molecule has 2 aromatic rings. The Kier molecular flexibility index (Phi) is 11.3. The van der Waals surface area contributed by atoms with Crippen LogP contribution in [0.3, 0.4) is 0 Å². The highest BCUT2D eigenvalue weighted by atomic mass is 35.5. The Balaban J connectivity index is 0.00000225. The van der Waals surface area contributed by atoms with Gasteiger partial charge in [0.05, 0.1) is 7.11 Å². The maximum atomic E-state index is 10.4. The molecule has 30 heavy (non-hydrogen) atoms. The number of β-amino-alcohol motifs (C(OH)–C–C–N with tert-alkyl or cyclic N) is 1. The molecule has 1 aliphatic rings. The maximum absolute atomic E-state index is 10.4. The Morgan fingerprint density at radius 2 is 1.57 bits per heavy atom. The van der Waals surface area contributed by atoms with Gasteiger partial charge in [0.1, 0.15) is 24.2 Å². The van der Waals surface area contributed by atoms with Gasteiger partial charge in [-0.05, 0) is 41.8 Å². The average molecular weight is 457 g/mol. The minimum atomic E-state index is -0.493. The minimum absolute atomic E-state index is 0. The van der Waals surface area contributed by atoms with Crippen molar-refractivity contribution in [1.82, 2.24) is 4.90 Å². The Bertz CT molecular complexity index is 735. The fraction of sp³-hybridized carbons (Fsp3) is 0.478. The lowest BCUT2D eigenvalue weighted by Crippen LogP contribution is -2.49. The first kappa shape index (κ1) is 26.4. The lowest BCUT2D eigenvalue weighted by atomic mass is 10.0. The molecule has 7 heteroatoms. The van der Waals surface area contributed by atoms with Crippen molar-refractivity contribution in [1.29, 1.82) is 0 Å². The molecule has 0 spiro atoms. The summed E-state index contributed by atoms with van der Waals surface area (Å²) < 4.78 is 11.1. The number of hydrogen-bond acceptors (Lipinski definition) is 5. The van der Waals surface area contributed by atoms with Gasteiger partial charge in [0.25, 0.3) is 0 Å². The van der Waals surface area contributed by atoms with E-state index in [-0.39, 0.29) is 24.8 Å². The van der Waals surface area contributed by atoms with E-state index in [9.17, 15) is 5.11 Å².